The van der Waals surface area contributed by atoms with E-state index in [1.165, 1.54) is 90.4 Å². The van der Waals surface area contributed by atoms with Gasteiger partial charge in [-0.3, -0.25) is 14.6 Å². The second-order valence-electron chi connectivity index (χ2n) is 9.53. The Morgan fingerprint density at radius 1 is 0.853 bits per heavy atom. The summed E-state index contributed by atoms with van der Waals surface area (Å²) in [6, 6.07) is 7.16. The molecule has 0 fully saturated rings. The van der Waals surface area contributed by atoms with E-state index >= 15 is 0 Å². The lowest BCUT2D eigenvalue weighted by Crippen LogP contribution is -2.45. The minimum atomic E-state index is -0.309. The van der Waals surface area contributed by atoms with Crippen molar-refractivity contribution in [1.29, 1.82) is 0 Å². The number of hydrogen-bond acceptors (Lipinski definition) is 4. The number of nitrogens with zero attached hydrogens (tertiary/aromatic N) is 1. The minimum absolute atomic E-state index is 0.0170. The largest absolute Gasteiger partial charge is 0.357 e. The van der Waals surface area contributed by atoms with Crippen LogP contribution in [0.15, 0.2) is 29.3 Å². The number of amidine groups is 1. The highest BCUT2D eigenvalue weighted by atomic mass is 16.2. The topological polar surface area (TPSA) is 82.6 Å². The Balaban J connectivity index is 1.44. The molecule has 0 saturated carbocycles. The molecule has 1 aliphatic rings. The molecule has 1 aromatic rings. The van der Waals surface area contributed by atoms with Crippen LogP contribution in [0.5, 0.6) is 0 Å². The van der Waals surface area contributed by atoms with Crippen LogP contribution in [0.4, 0.5) is 5.69 Å². The summed E-state index contributed by atoms with van der Waals surface area (Å²) in [5.74, 6) is 0.647. The second-order valence-corrected chi connectivity index (χ2v) is 9.53. The summed E-state index contributed by atoms with van der Waals surface area (Å²) in [7, 11) is 0. The maximum absolute atomic E-state index is 12.4. The standard InChI is InChI=1S/C28H46N4O2/c1-3-4-5-6-7-8-9-10-11-12-13-14-15-16-21-29-28(34)26-22-30-27(32-26)24-17-19-25(20-18-24)31-23(2)33/h17-20,26H,3-16,21-22H2,1-2H3,(H,29,34)(H,30,32)(H,31,33)/t26-/m0/s1. The molecule has 0 aliphatic carbocycles. The van der Waals surface area contributed by atoms with E-state index in [9.17, 15) is 9.59 Å². The fourth-order valence-electron chi connectivity index (χ4n) is 4.33. The van der Waals surface area contributed by atoms with Gasteiger partial charge in [0.15, 0.2) is 0 Å². The van der Waals surface area contributed by atoms with Crippen LogP contribution < -0.4 is 16.0 Å². The van der Waals surface area contributed by atoms with Gasteiger partial charge in [0, 0.05) is 24.7 Å². The van der Waals surface area contributed by atoms with Gasteiger partial charge < -0.3 is 16.0 Å². The first kappa shape index (κ1) is 27.9. The average Bonchev–Trinajstić information content (AvgIpc) is 3.32. The third kappa shape index (κ3) is 11.7. The fourth-order valence-corrected chi connectivity index (χ4v) is 4.33. The van der Waals surface area contributed by atoms with Crippen LogP contribution in [-0.4, -0.2) is 36.8 Å². The second kappa shape index (κ2) is 17.1. The molecule has 190 valence electrons. The van der Waals surface area contributed by atoms with Crippen molar-refractivity contribution in [3.63, 3.8) is 0 Å². The summed E-state index contributed by atoms with van der Waals surface area (Å²) in [5, 5.41) is 9.02. The third-order valence-corrected chi connectivity index (χ3v) is 6.37. The number of amides is 2. The summed E-state index contributed by atoms with van der Waals surface area (Å²) >= 11 is 0. The van der Waals surface area contributed by atoms with Crippen LogP contribution in [-0.2, 0) is 9.59 Å². The van der Waals surface area contributed by atoms with Crippen LogP contribution in [0.1, 0.15) is 109 Å². The normalized spacial score (nSPS) is 15.0. The van der Waals surface area contributed by atoms with Gasteiger partial charge in [0.25, 0.3) is 0 Å². The Bertz CT molecular complexity index is 745. The number of aliphatic imine (C=N–C) groups is 1. The molecular formula is C28H46N4O2. The summed E-state index contributed by atoms with van der Waals surface area (Å²) in [6.07, 6.45) is 18.7. The van der Waals surface area contributed by atoms with Crippen molar-refractivity contribution in [2.24, 2.45) is 4.99 Å². The molecule has 1 atom stereocenters. The van der Waals surface area contributed by atoms with Gasteiger partial charge >= 0.3 is 0 Å². The molecule has 0 saturated heterocycles. The average molecular weight is 471 g/mol. The number of unbranched alkanes of at least 4 members (excludes halogenated alkanes) is 13. The lowest BCUT2D eigenvalue weighted by Gasteiger charge is -2.13. The van der Waals surface area contributed by atoms with Gasteiger partial charge in [0.1, 0.15) is 11.9 Å². The number of rotatable bonds is 18. The van der Waals surface area contributed by atoms with Crippen molar-refractivity contribution < 1.29 is 9.59 Å². The van der Waals surface area contributed by atoms with Gasteiger partial charge in [0.2, 0.25) is 11.8 Å². The zero-order valence-electron chi connectivity index (χ0n) is 21.5. The van der Waals surface area contributed by atoms with Crippen molar-refractivity contribution in [2.45, 2.75) is 110 Å². The molecule has 6 heteroatoms. The number of carbonyl (C=O) groups is 2. The Morgan fingerprint density at radius 2 is 1.38 bits per heavy atom. The van der Waals surface area contributed by atoms with E-state index in [2.05, 4.69) is 27.9 Å². The summed E-state index contributed by atoms with van der Waals surface area (Å²) < 4.78 is 0. The van der Waals surface area contributed by atoms with Gasteiger partial charge in [-0.15, -0.1) is 0 Å². The molecule has 1 aliphatic heterocycles. The molecular weight excluding hydrogens is 424 g/mol. The molecule has 0 radical (unpaired) electrons. The first-order valence-electron chi connectivity index (χ1n) is 13.6. The number of hydrogen-bond donors (Lipinski definition) is 3. The zero-order valence-corrected chi connectivity index (χ0v) is 21.5. The number of anilines is 1. The van der Waals surface area contributed by atoms with Gasteiger partial charge in [0.05, 0.1) is 6.54 Å². The highest BCUT2D eigenvalue weighted by Gasteiger charge is 2.24. The van der Waals surface area contributed by atoms with Crippen LogP contribution >= 0.6 is 0 Å². The molecule has 1 heterocycles. The van der Waals surface area contributed by atoms with E-state index < -0.39 is 0 Å². The quantitative estimate of drug-likeness (QED) is 0.231. The van der Waals surface area contributed by atoms with Crippen molar-refractivity contribution in [3.05, 3.63) is 29.8 Å². The number of benzene rings is 1. The fraction of sp³-hybridized carbons (Fsp3) is 0.679. The lowest BCUT2D eigenvalue weighted by molar-refractivity contribution is -0.122. The predicted molar refractivity (Wildman–Crippen MR) is 142 cm³/mol. The van der Waals surface area contributed by atoms with E-state index in [-0.39, 0.29) is 17.9 Å². The van der Waals surface area contributed by atoms with Gasteiger partial charge in [-0.05, 0) is 30.7 Å². The van der Waals surface area contributed by atoms with Crippen LogP contribution in [0, 0.1) is 0 Å². The first-order valence-corrected chi connectivity index (χ1v) is 13.6. The smallest absolute Gasteiger partial charge is 0.244 e. The molecule has 2 rings (SSSR count). The van der Waals surface area contributed by atoms with Crippen molar-refractivity contribution >= 4 is 23.3 Å². The van der Waals surface area contributed by atoms with Gasteiger partial charge in [-0.25, -0.2) is 0 Å². The lowest BCUT2D eigenvalue weighted by atomic mass is 10.0. The van der Waals surface area contributed by atoms with Crippen LogP contribution in [0.25, 0.3) is 0 Å². The first-order chi connectivity index (χ1) is 16.6. The van der Waals surface area contributed by atoms with Crippen molar-refractivity contribution in [3.8, 4) is 0 Å². The number of nitrogens with one attached hydrogen (secondary N) is 3. The summed E-state index contributed by atoms with van der Waals surface area (Å²) in [4.78, 5) is 28.0. The Kier molecular flexibility index (Phi) is 14.0. The Hall–Kier alpha value is -2.37. The predicted octanol–water partition coefficient (Wildman–Crippen LogP) is 5.96. The third-order valence-electron chi connectivity index (χ3n) is 6.37. The summed E-state index contributed by atoms with van der Waals surface area (Å²) in [6.45, 7) is 4.94. The Morgan fingerprint density at radius 3 is 1.91 bits per heavy atom. The molecule has 6 nitrogen and oxygen atoms in total. The zero-order chi connectivity index (χ0) is 24.4. The molecule has 2 amide bonds. The molecule has 34 heavy (non-hydrogen) atoms. The van der Waals surface area contributed by atoms with Crippen LogP contribution in [0.3, 0.4) is 0 Å². The van der Waals surface area contributed by atoms with E-state index in [1.807, 2.05) is 24.3 Å². The molecule has 0 bridgehead atoms. The van der Waals surface area contributed by atoms with E-state index in [0.717, 1.165) is 30.1 Å². The highest BCUT2D eigenvalue weighted by molar-refractivity contribution is 6.03. The molecule has 0 unspecified atom stereocenters. The molecule has 3 N–H and O–H groups in total. The van der Waals surface area contributed by atoms with E-state index in [0.29, 0.717) is 6.54 Å². The van der Waals surface area contributed by atoms with Crippen molar-refractivity contribution in [1.82, 2.24) is 10.6 Å². The maximum atomic E-state index is 12.4. The SMILES string of the molecule is CCCCCCCCCCCCCCCCNC(=O)[C@@H]1CN=C(c2ccc(NC(C)=O)cc2)N1. The van der Waals surface area contributed by atoms with Gasteiger partial charge in [-0.1, -0.05) is 90.4 Å². The maximum Gasteiger partial charge on any atom is 0.244 e. The monoisotopic (exact) mass is 470 g/mol. The van der Waals surface area contributed by atoms with E-state index in [4.69, 9.17) is 0 Å². The van der Waals surface area contributed by atoms with Gasteiger partial charge in [-0.2, -0.15) is 0 Å². The van der Waals surface area contributed by atoms with Crippen LogP contribution in [0.2, 0.25) is 0 Å². The summed E-state index contributed by atoms with van der Waals surface area (Å²) in [5.41, 5.74) is 1.66. The molecule has 1 aromatic carbocycles. The van der Waals surface area contributed by atoms with Crippen molar-refractivity contribution in [2.75, 3.05) is 18.4 Å². The number of carbonyl (C=O) groups excluding carboxylic acids is 2. The minimum Gasteiger partial charge on any atom is -0.357 e. The highest BCUT2D eigenvalue weighted by Crippen LogP contribution is 2.14. The molecule has 0 spiro atoms. The molecule has 0 aromatic heterocycles. The van der Waals surface area contributed by atoms with E-state index in [1.54, 1.807) is 0 Å². The Labute approximate surface area is 206 Å².